The summed E-state index contributed by atoms with van der Waals surface area (Å²) in [6, 6.07) is 0. The van der Waals surface area contributed by atoms with Crippen LogP contribution in [0.3, 0.4) is 0 Å². The summed E-state index contributed by atoms with van der Waals surface area (Å²) in [5.41, 5.74) is 2.73. The summed E-state index contributed by atoms with van der Waals surface area (Å²) < 4.78 is 0. The molecule has 0 aliphatic heterocycles. The number of rotatable bonds is 9. The second-order valence-corrected chi connectivity index (χ2v) is 4.11. The molecule has 0 bridgehead atoms. The highest BCUT2D eigenvalue weighted by molar-refractivity contribution is 5.63. The lowest BCUT2D eigenvalue weighted by Crippen LogP contribution is -2.44. The molecule has 0 spiro atoms. The van der Waals surface area contributed by atoms with Crippen LogP contribution in [0.1, 0.15) is 33.1 Å². The van der Waals surface area contributed by atoms with Gasteiger partial charge < -0.3 is 25.9 Å². The molecule has 102 valence electrons. The fraction of sp³-hybridized carbons (Fsp3) is 0.909. The maximum atomic E-state index is 9.43. The van der Waals surface area contributed by atoms with Gasteiger partial charge in [0.2, 0.25) is 0 Å². The van der Waals surface area contributed by atoms with E-state index in [1.54, 1.807) is 0 Å². The Morgan fingerprint density at radius 2 is 1.76 bits per heavy atom. The molecule has 0 unspecified atom stereocenters. The lowest BCUT2D eigenvalue weighted by atomic mass is 10.1. The number of nitrogens with zero attached hydrogens (tertiary/aromatic N) is 1. The highest BCUT2D eigenvalue weighted by Gasteiger charge is 2.26. The first kappa shape index (κ1) is 16.3. The van der Waals surface area contributed by atoms with Crippen LogP contribution in [-0.4, -0.2) is 57.6 Å². The van der Waals surface area contributed by atoms with Crippen LogP contribution in [0, 0.1) is 0 Å². The molecule has 4 atom stereocenters. The van der Waals surface area contributed by atoms with Crippen molar-refractivity contribution >= 4 is 6.21 Å². The average molecular weight is 248 g/mol. The molecule has 17 heavy (non-hydrogen) atoms. The first-order valence-electron chi connectivity index (χ1n) is 5.99. The lowest BCUT2D eigenvalue weighted by Gasteiger charge is -2.22. The molecule has 0 amide bonds. The maximum Gasteiger partial charge on any atom is 0.119 e. The fourth-order valence-electron chi connectivity index (χ4n) is 1.22. The number of aliphatic hydroxyl groups excluding tert-OH is 4. The normalized spacial score (nSPS) is 18.9. The van der Waals surface area contributed by atoms with E-state index in [1.807, 2.05) is 0 Å². The molecule has 0 aliphatic carbocycles. The van der Waals surface area contributed by atoms with E-state index in [2.05, 4.69) is 17.5 Å². The van der Waals surface area contributed by atoms with Crippen LogP contribution >= 0.6 is 0 Å². The number of aliphatic hydroxyl groups is 4. The zero-order chi connectivity index (χ0) is 13.3. The van der Waals surface area contributed by atoms with Crippen molar-refractivity contribution in [3.05, 3.63) is 0 Å². The molecule has 6 heteroatoms. The minimum absolute atomic E-state index is 0.701. The molecule has 0 radical (unpaired) electrons. The van der Waals surface area contributed by atoms with Crippen LogP contribution < -0.4 is 5.43 Å². The Kier molecular flexibility index (Phi) is 8.97. The Balaban J connectivity index is 3.82. The first-order chi connectivity index (χ1) is 8.00. The summed E-state index contributed by atoms with van der Waals surface area (Å²) in [7, 11) is 0. The smallest absolute Gasteiger partial charge is 0.119 e. The van der Waals surface area contributed by atoms with Gasteiger partial charge in [-0.05, 0) is 13.3 Å². The van der Waals surface area contributed by atoms with Gasteiger partial charge in [-0.3, -0.25) is 0 Å². The zero-order valence-electron chi connectivity index (χ0n) is 10.5. The number of nitrogens with one attached hydrogen (secondary N) is 1. The van der Waals surface area contributed by atoms with Crippen LogP contribution in [0.25, 0.3) is 0 Å². The van der Waals surface area contributed by atoms with Crippen LogP contribution in [-0.2, 0) is 0 Å². The van der Waals surface area contributed by atoms with Crippen molar-refractivity contribution in [2.75, 3.05) is 6.54 Å². The van der Waals surface area contributed by atoms with E-state index in [0.717, 1.165) is 25.5 Å². The Morgan fingerprint density at radius 3 is 2.29 bits per heavy atom. The van der Waals surface area contributed by atoms with Crippen LogP contribution in [0.5, 0.6) is 0 Å². The summed E-state index contributed by atoms with van der Waals surface area (Å²) in [6.07, 6.45) is -0.927. The van der Waals surface area contributed by atoms with Gasteiger partial charge in [0.1, 0.15) is 18.3 Å². The molecule has 6 nitrogen and oxygen atoms in total. The summed E-state index contributed by atoms with van der Waals surface area (Å²) >= 11 is 0. The number of hydrazone groups is 1. The van der Waals surface area contributed by atoms with Gasteiger partial charge in [0.25, 0.3) is 0 Å². The molecule has 0 rings (SSSR count). The van der Waals surface area contributed by atoms with Crippen molar-refractivity contribution < 1.29 is 20.4 Å². The third kappa shape index (κ3) is 7.27. The molecule has 0 saturated heterocycles. The predicted molar refractivity (Wildman–Crippen MR) is 65.7 cm³/mol. The van der Waals surface area contributed by atoms with Crippen molar-refractivity contribution in [1.29, 1.82) is 0 Å². The average Bonchev–Trinajstić information content (AvgIpc) is 2.31. The van der Waals surface area contributed by atoms with Gasteiger partial charge in [-0.1, -0.05) is 19.8 Å². The Morgan fingerprint density at radius 1 is 1.12 bits per heavy atom. The minimum atomic E-state index is -1.45. The van der Waals surface area contributed by atoms with Gasteiger partial charge in [-0.2, -0.15) is 5.10 Å². The summed E-state index contributed by atoms with van der Waals surface area (Å²) in [4.78, 5) is 0. The van der Waals surface area contributed by atoms with E-state index in [4.69, 9.17) is 5.11 Å². The topological polar surface area (TPSA) is 105 Å². The highest BCUT2D eigenvalue weighted by atomic mass is 16.4. The lowest BCUT2D eigenvalue weighted by molar-refractivity contribution is -0.0821. The molecule has 0 aromatic rings. The number of hydrogen-bond donors (Lipinski definition) is 5. The van der Waals surface area contributed by atoms with E-state index in [9.17, 15) is 15.3 Å². The maximum absolute atomic E-state index is 9.43. The minimum Gasteiger partial charge on any atom is -0.391 e. The van der Waals surface area contributed by atoms with E-state index in [1.165, 1.54) is 6.92 Å². The SMILES string of the molecule is CCCCCN/N=C/[C@H](O)[C@H](O)[C@@H](O)[C@H](C)O. The summed E-state index contributed by atoms with van der Waals surface area (Å²) in [6.45, 7) is 4.13. The predicted octanol–water partition coefficient (Wildman–Crippen LogP) is -0.784. The van der Waals surface area contributed by atoms with Crippen molar-refractivity contribution in [3.8, 4) is 0 Å². The highest BCUT2D eigenvalue weighted by Crippen LogP contribution is 2.03. The van der Waals surface area contributed by atoms with Gasteiger partial charge in [0.05, 0.1) is 12.3 Å². The van der Waals surface area contributed by atoms with Gasteiger partial charge >= 0.3 is 0 Å². The van der Waals surface area contributed by atoms with Crippen molar-refractivity contribution in [2.24, 2.45) is 5.10 Å². The van der Waals surface area contributed by atoms with Crippen LogP contribution in [0.2, 0.25) is 0 Å². The monoisotopic (exact) mass is 248 g/mol. The molecule has 0 fully saturated rings. The third-order valence-corrected chi connectivity index (χ3v) is 2.40. The van der Waals surface area contributed by atoms with Crippen LogP contribution in [0.4, 0.5) is 0 Å². The van der Waals surface area contributed by atoms with E-state index in [-0.39, 0.29) is 0 Å². The standard InChI is InChI=1S/C11H24N2O4/c1-3-4-5-6-12-13-7-9(15)11(17)10(16)8(2)14/h7-12,14-17H,3-6H2,1-2H3/b13-7+/t8-,9-,10-,11-/m0/s1. The van der Waals surface area contributed by atoms with E-state index < -0.39 is 24.4 Å². The second kappa shape index (κ2) is 9.35. The number of hydrogen-bond acceptors (Lipinski definition) is 6. The van der Waals surface area contributed by atoms with E-state index in [0.29, 0.717) is 6.54 Å². The van der Waals surface area contributed by atoms with Crippen molar-refractivity contribution in [3.63, 3.8) is 0 Å². The van der Waals surface area contributed by atoms with Gasteiger partial charge in [0, 0.05) is 6.54 Å². The molecule has 0 aliphatic rings. The molecular weight excluding hydrogens is 224 g/mol. The Labute approximate surface area is 102 Å². The van der Waals surface area contributed by atoms with E-state index >= 15 is 0 Å². The van der Waals surface area contributed by atoms with Gasteiger partial charge in [0.15, 0.2) is 0 Å². The quantitative estimate of drug-likeness (QED) is 0.209. The van der Waals surface area contributed by atoms with Crippen molar-refractivity contribution in [2.45, 2.75) is 57.5 Å². The molecule has 0 aromatic carbocycles. The molecule has 0 saturated carbocycles. The van der Waals surface area contributed by atoms with Gasteiger partial charge in [-0.15, -0.1) is 0 Å². The fourth-order valence-corrected chi connectivity index (χ4v) is 1.22. The third-order valence-electron chi connectivity index (χ3n) is 2.40. The van der Waals surface area contributed by atoms with Crippen LogP contribution in [0.15, 0.2) is 5.10 Å². The summed E-state index contributed by atoms with van der Waals surface area (Å²) in [5, 5.41) is 40.9. The molecule has 0 aromatic heterocycles. The molecule has 5 N–H and O–H groups in total. The molecule has 0 heterocycles. The van der Waals surface area contributed by atoms with Crippen molar-refractivity contribution in [1.82, 2.24) is 5.43 Å². The largest absolute Gasteiger partial charge is 0.391 e. The molecular formula is C11H24N2O4. The van der Waals surface area contributed by atoms with Gasteiger partial charge in [-0.25, -0.2) is 0 Å². The Bertz CT molecular complexity index is 212. The number of unbranched alkanes of at least 4 members (excludes halogenated alkanes) is 2. The summed E-state index contributed by atoms with van der Waals surface area (Å²) in [5.74, 6) is 0. The first-order valence-corrected chi connectivity index (χ1v) is 5.99. The second-order valence-electron chi connectivity index (χ2n) is 4.11. The Hall–Kier alpha value is -0.690. The zero-order valence-corrected chi connectivity index (χ0v) is 10.5.